The molecule has 0 spiro atoms. The van der Waals surface area contributed by atoms with E-state index in [1.807, 2.05) is 25.1 Å². The molecule has 0 N–H and O–H groups in total. The summed E-state index contributed by atoms with van der Waals surface area (Å²) >= 11 is 0. The minimum Gasteiger partial charge on any atom is -0.342 e. The van der Waals surface area contributed by atoms with Crippen molar-refractivity contribution >= 4 is 11.8 Å². The van der Waals surface area contributed by atoms with E-state index in [4.69, 9.17) is 0 Å². The van der Waals surface area contributed by atoms with Gasteiger partial charge in [0.2, 0.25) is 11.8 Å². The van der Waals surface area contributed by atoms with Crippen LogP contribution in [0.1, 0.15) is 30.9 Å². The van der Waals surface area contributed by atoms with Crippen LogP contribution in [0.3, 0.4) is 0 Å². The molecule has 1 aromatic rings. The van der Waals surface area contributed by atoms with Crippen LogP contribution >= 0.6 is 0 Å². The van der Waals surface area contributed by atoms with Gasteiger partial charge in [0, 0.05) is 39.5 Å². The van der Waals surface area contributed by atoms with E-state index in [0.717, 1.165) is 25.9 Å². The Kier molecular flexibility index (Phi) is 6.79. The molecule has 0 bridgehead atoms. The Bertz CT molecular complexity index is 571. The molecule has 1 aromatic carbocycles. The maximum atomic E-state index is 12.5. The molecule has 2 amide bonds. The second kappa shape index (κ2) is 8.83. The number of hydrogen-bond donors (Lipinski definition) is 0. The molecule has 0 saturated heterocycles. The SMILES string of the molecule is CC(=O)N(CCCN(C)C)CCC(=O)N1CCc2ccccc2C1. The highest BCUT2D eigenvalue weighted by atomic mass is 16.2. The topological polar surface area (TPSA) is 43.9 Å². The molecule has 0 unspecified atom stereocenters. The number of nitrogens with zero attached hydrogens (tertiary/aromatic N) is 3. The van der Waals surface area contributed by atoms with Crippen LogP contribution in [0.4, 0.5) is 0 Å². The minimum atomic E-state index is 0.0468. The highest BCUT2D eigenvalue weighted by Gasteiger charge is 2.21. The van der Waals surface area contributed by atoms with E-state index >= 15 is 0 Å². The van der Waals surface area contributed by atoms with E-state index in [2.05, 4.69) is 23.1 Å². The quantitative estimate of drug-likeness (QED) is 0.765. The van der Waals surface area contributed by atoms with Gasteiger partial charge in [0.1, 0.15) is 0 Å². The van der Waals surface area contributed by atoms with Crippen molar-refractivity contribution in [2.75, 3.05) is 40.3 Å². The normalized spacial score (nSPS) is 13.8. The summed E-state index contributed by atoms with van der Waals surface area (Å²) in [7, 11) is 4.05. The molecule has 5 heteroatoms. The van der Waals surface area contributed by atoms with Crippen LogP contribution in [0.25, 0.3) is 0 Å². The Balaban J connectivity index is 1.82. The monoisotopic (exact) mass is 331 g/mol. The van der Waals surface area contributed by atoms with E-state index in [9.17, 15) is 9.59 Å². The van der Waals surface area contributed by atoms with Gasteiger partial charge >= 0.3 is 0 Å². The van der Waals surface area contributed by atoms with Gasteiger partial charge in [-0.15, -0.1) is 0 Å². The largest absolute Gasteiger partial charge is 0.342 e. The van der Waals surface area contributed by atoms with Crippen LogP contribution in [0.5, 0.6) is 0 Å². The van der Waals surface area contributed by atoms with Crippen molar-refractivity contribution in [1.29, 1.82) is 0 Å². The summed E-state index contributed by atoms with van der Waals surface area (Å²) in [6.45, 7) is 5.22. The summed E-state index contributed by atoms with van der Waals surface area (Å²) in [5.41, 5.74) is 2.59. The van der Waals surface area contributed by atoms with Gasteiger partial charge in [-0.25, -0.2) is 0 Å². The second-order valence-corrected chi connectivity index (χ2v) is 6.75. The fourth-order valence-corrected chi connectivity index (χ4v) is 3.10. The average Bonchev–Trinajstić information content (AvgIpc) is 2.56. The lowest BCUT2D eigenvalue weighted by atomic mass is 10.00. The molecular weight excluding hydrogens is 302 g/mol. The molecular formula is C19H29N3O2. The highest BCUT2D eigenvalue weighted by molar-refractivity contribution is 5.78. The Morgan fingerprint density at radius 3 is 2.46 bits per heavy atom. The van der Waals surface area contributed by atoms with Crippen LogP contribution in [-0.4, -0.2) is 66.8 Å². The van der Waals surface area contributed by atoms with Crippen molar-refractivity contribution in [2.45, 2.75) is 32.7 Å². The molecule has 0 aliphatic carbocycles. The first-order valence-electron chi connectivity index (χ1n) is 8.72. The Morgan fingerprint density at radius 2 is 1.79 bits per heavy atom. The molecule has 2 rings (SSSR count). The third-order valence-corrected chi connectivity index (χ3v) is 4.56. The minimum absolute atomic E-state index is 0.0468. The number of carbonyl (C=O) groups excluding carboxylic acids is 2. The van der Waals surface area contributed by atoms with Gasteiger partial charge in [-0.05, 0) is 44.6 Å². The maximum absolute atomic E-state index is 12.5. The highest BCUT2D eigenvalue weighted by Crippen LogP contribution is 2.19. The van der Waals surface area contributed by atoms with Crippen molar-refractivity contribution in [1.82, 2.24) is 14.7 Å². The van der Waals surface area contributed by atoms with Gasteiger partial charge in [-0.3, -0.25) is 9.59 Å². The molecule has 1 heterocycles. The lowest BCUT2D eigenvalue weighted by Gasteiger charge is -2.30. The first kappa shape index (κ1) is 18.5. The average molecular weight is 331 g/mol. The number of fused-ring (bicyclic) bond motifs is 1. The van der Waals surface area contributed by atoms with E-state index < -0.39 is 0 Å². The fourth-order valence-electron chi connectivity index (χ4n) is 3.10. The molecule has 24 heavy (non-hydrogen) atoms. The summed E-state index contributed by atoms with van der Waals surface area (Å²) in [6, 6.07) is 8.31. The number of rotatable bonds is 7. The lowest BCUT2D eigenvalue weighted by molar-refractivity contribution is -0.134. The summed E-state index contributed by atoms with van der Waals surface area (Å²) in [5.74, 6) is 0.189. The van der Waals surface area contributed by atoms with E-state index in [1.165, 1.54) is 11.1 Å². The molecule has 0 saturated carbocycles. The zero-order chi connectivity index (χ0) is 17.5. The van der Waals surface area contributed by atoms with Crippen LogP contribution in [0.2, 0.25) is 0 Å². The first-order valence-corrected chi connectivity index (χ1v) is 8.72. The van der Waals surface area contributed by atoms with Crippen molar-refractivity contribution in [3.63, 3.8) is 0 Å². The Hall–Kier alpha value is -1.88. The van der Waals surface area contributed by atoms with E-state index in [1.54, 1.807) is 11.8 Å². The molecule has 5 nitrogen and oxygen atoms in total. The van der Waals surface area contributed by atoms with Gasteiger partial charge < -0.3 is 14.7 Å². The smallest absolute Gasteiger partial charge is 0.224 e. The fraction of sp³-hybridized carbons (Fsp3) is 0.579. The summed E-state index contributed by atoms with van der Waals surface area (Å²) < 4.78 is 0. The Morgan fingerprint density at radius 1 is 1.08 bits per heavy atom. The summed E-state index contributed by atoms with van der Waals surface area (Å²) in [4.78, 5) is 30.1. The van der Waals surface area contributed by atoms with E-state index in [0.29, 0.717) is 26.1 Å². The predicted octanol–water partition coefficient (Wildman–Crippen LogP) is 1.76. The zero-order valence-electron chi connectivity index (χ0n) is 15.1. The number of benzene rings is 1. The van der Waals surface area contributed by atoms with Crippen LogP contribution < -0.4 is 0 Å². The molecule has 132 valence electrons. The maximum Gasteiger partial charge on any atom is 0.224 e. The van der Waals surface area contributed by atoms with Crippen molar-refractivity contribution < 1.29 is 9.59 Å². The first-order chi connectivity index (χ1) is 11.5. The standard InChI is InChI=1S/C19H29N3O2/c1-16(23)21(12-6-11-20(2)3)14-10-19(24)22-13-9-17-7-4-5-8-18(17)15-22/h4-5,7-8H,6,9-15H2,1-3H3. The van der Waals surface area contributed by atoms with E-state index in [-0.39, 0.29) is 11.8 Å². The molecule has 0 aromatic heterocycles. The number of carbonyl (C=O) groups is 2. The number of hydrogen-bond acceptors (Lipinski definition) is 3. The van der Waals surface area contributed by atoms with Gasteiger partial charge in [0.25, 0.3) is 0 Å². The van der Waals surface area contributed by atoms with Gasteiger partial charge in [-0.1, -0.05) is 24.3 Å². The molecule has 1 aliphatic heterocycles. The second-order valence-electron chi connectivity index (χ2n) is 6.75. The third-order valence-electron chi connectivity index (χ3n) is 4.56. The third kappa shape index (κ3) is 5.34. The van der Waals surface area contributed by atoms with Crippen LogP contribution in [-0.2, 0) is 22.6 Å². The van der Waals surface area contributed by atoms with Crippen molar-refractivity contribution in [3.05, 3.63) is 35.4 Å². The summed E-state index contributed by atoms with van der Waals surface area (Å²) in [5, 5.41) is 0. The van der Waals surface area contributed by atoms with Gasteiger partial charge in [0.15, 0.2) is 0 Å². The molecule has 0 radical (unpaired) electrons. The summed E-state index contributed by atoms with van der Waals surface area (Å²) in [6.07, 6.45) is 2.25. The zero-order valence-corrected chi connectivity index (χ0v) is 15.1. The van der Waals surface area contributed by atoms with Crippen LogP contribution in [0.15, 0.2) is 24.3 Å². The van der Waals surface area contributed by atoms with Crippen molar-refractivity contribution in [2.24, 2.45) is 0 Å². The lowest BCUT2D eigenvalue weighted by Crippen LogP contribution is -2.39. The van der Waals surface area contributed by atoms with Crippen LogP contribution in [0, 0.1) is 0 Å². The molecule has 0 fully saturated rings. The van der Waals surface area contributed by atoms with Gasteiger partial charge in [0.05, 0.1) is 0 Å². The van der Waals surface area contributed by atoms with Gasteiger partial charge in [-0.2, -0.15) is 0 Å². The van der Waals surface area contributed by atoms with Crippen molar-refractivity contribution in [3.8, 4) is 0 Å². The molecule has 1 aliphatic rings. The number of amides is 2. The Labute approximate surface area is 145 Å². The predicted molar refractivity (Wildman–Crippen MR) is 95.6 cm³/mol. The molecule has 0 atom stereocenters.